The van der Waals surface area contributed by atoms with Crippen LogP contribution in [0.25, 0.3) is 0 Å². The number of rotatable bonds is 2. The van der Waals surface area contributed by atoms with Crippen LogP contribution >= 0.6 is 15.9 Å². The molecule has 1 amide bonds. The number of hydrogen-bond donors (Lipinski definition) is 2. The Morgan fingerprint density at radius 1 is 1.29 bits per heavy atom. The predicted molar refractivity (Wildman–Crippen MR) is 88.7 cm³/mol. The molecule has 21 heavy (non-hydrogen) atoms. The summed E-state index contributed by atoms with van der Waals surface area (Å²) in [5, 5.41) is 3.56. The number of nitrogens with zero attached hydrogens (tertiary/aromatic N) is 1. The molecule has 1 heterocycles. The highest BCUT2D eigenvalue weighted by Crippen LogP contribution is 2.40. The van der Waals surface area contributed by atoms with Crippen molar-refractivity contribution in [3.63, 3.8) is 0 Å². The van der Waals surface area contributed by atoms with Gasteiger partial charge in [-0.2, -0.15) is 0 Å². The van der Waals surface area contributed by atoms with E-state index in [1.54, 1.807) is 0 Å². The number of hydrogen-bond acceptors (Lipinski definition) is 3. The highest BCUT2D eigenvalue weighted by Gasteiger charge is 2.40. The lowest BCUT2D eigenvalue weighted by molar-refractivity contribution is 0.100. The summed E-state index contributed by atoms with van der Waals surface area (Å²) >= 11 is 3.63. The van der Waals surface area contributed by atoms with Gasteiger partial charge in [-0.05, 0) is 47.0 Å². The number of nitrogens with two attached hydrogens (primary N) is 1. The second-order valence-electron chi connectivity index (χ2n) is 6.14. The lowest BCUT2D eigenvalue weighted by atomic mass is 9.78. The summed E-state index contributed by atoms with van der Waals surface area (Å²) in [7, 11) is 0. The first kappa shape index (κ1) is 14.9. The highest BCUT2D eigenvalue weighted by molar-refractivity contribution is 9.10. The van der Waals surface area contributed by atoms with Gasteiger partial charge < -0.3 is 16.0 Å². The first-order valence-electron chi connectivity index (χ1n) is 7.70. The van der Waals surface area contributed by atoms with E-state index in [0.29, 0.717) is 5.56 Å². The van der Waals surface area contributed by atoms with Gasteiger partial charge in [0, 0.05) is 29.7 Å². The minimum absolute atomic E-state index is 0.229. The fraction of sp³-hybridized carbons (Fsp3) is 0.562. The molecule has 5 heteroatoms. The molecule has 1 saturated heterocycles. The molecule has 114 valence electrons. The molecule has 1 aliphatic heterocycles. The Morgan fingerprint density at radius 2 is 2.05 bits per heavy atom. The second kappa shape index (κ2) is 5.97. The second-order valence-corrected chi connectivity index (χ2v) is 7.00. The lowest BCUT2D eigenvalue weighted by Gasteiger charge is -2.51. The SMILES string of the molecule is NC(=O)c1ccc(N2CCNCC23CCCCC3)c(Br)c1. The van der Waals surface area contributed by atoms with E-state index in [1.165, 1.54) is 37.8 Å². The average molecular weight is 352 g/mol. The molecule has 1 saturated carbocycles. The molecular formula is C16H22BrN3O. The maximum Gasteiger partial charge on any atom is 0.248 e. The number of anilines is 1. The van der Waals surface area contributed by atoms with E-state index in [9.17, 15) is 4.79 Å². The predicted octanol–water partition coefficient (Wildman–Crippen LogP) is 2.66. The zero-order valence-electron chi connectivity index (χ0n) is 12.2. The van der Waals surface area contributed by atoms with E-state index < -0.39 is 0 Å². The Balaban J connectivity index is 1.95. The summed E-state index contributed by atoms with van der Waals surface area (Å²) in [5.41, 5.74) is 7.33. The summed E-state index contributed by atoms with van der Waals surface area (Å²) in [4.78, 5) is 13.9. The van der Waals surface area contributed by atoms with Crippen molar-refractivity contribution in [2.24, 2.45) is 5.73 Å². The van der Waals surface area contributed by atoms with Crippen LogP contribution in [0.15, 0.2) is 22.7 Å². The van der Waals surface area contributed by atoms with Crippen LogP contribution in [-0.4, -0.2) is 31.1 Å². The molecule has 2 fully saturated rings. The molecule has 0 aromatic heterocycles. The number of carbonyl (C=O) groups is 1. The fourth-order valence-electron chi connectivity index (χ4n) is 3.76. The van der Waals surface area contributed by atoms with E-state index in [-0.39, 0.29) is 11.4 Å². The summed E-state index contributed by atoms with van der Waals surface area (Å²) < 4.78 is 0.964. The van der Waals surface area contributed by atoms with Gasteiger partial charge in [0.05, 0.1) is 11.2 Å². The topological polar surface area (TPSA) is 58.4 Å². The van der Waals surface area contributed by atoms with Crippen molar-refractivity contribution < 1.29 is 4.79 Å². The molecule has 1 aromatic rings. The number of halogens is 1. The monoisotopic (exact) mass is 351 g/mol. The molecule has 0 bridgehead atoms. The quantitative estimate of drug-likeness (QED) is 0.860. The van der Waals surface area contributed by atoms with Gasteiger partial charge in [-0.1, -0.05) is 19.3 Å². The van der Waals surface area contributed by atoms with Gasteiger partial charge in [0.1, 0.15) is 0 Å². The molecule has 3 N–H and O–H groups in total. The van der Waals surface area contributed by atoms with Gasteiger partial charge >= 0.3 is 0 Å². The Labute approximate surface area is 134 Å². The van der Waals surface area contributed by atoms with Gasteiger partial charge in [0.15, 0.2) is 0 Å². The zero-order chi connectivity index (χ0) is 14.9. The van der Waals surface area contributed by atoms with Crippen molar-refractivity contribution in [1.82, 2.24) is 5.32 Å². The number of nitrogens with one attached hydrogen (secondary N) is 1. The van der Waals surface area contributed by atoms with E-state index in [0.717, 1.165) is 24.1 Å². The van der Waals surface area contributed by atoms with E-state index in [2.05, 4.69) is 26.1 Å². The van der Waals surface area contributed by atoms with Crippen LogP contribution in [0.4, 0.5) is 5.69 Å². The minimum atomic E-state index is -0.380. The number of carbonyl (C=O) groups excluding carboxylic acids is 1. The Bertz CT molecular complexity index is 532. The van der Waals surface area contributed by atoms with E-state index >= 15 is 0 Å². The first-order chi connectivity index (χ1) is 10.1. The number of benzene rings is 1. The van der Waals surface area contributed by atoms with E-state index in [4.69, 9.17) is 5.73 Å². The maximum atomic E-state index is 11.3. The largest absolute Gasteiger partial charge is 0.366 e. The average Bonchev–Trinajstić information content (AvgIpc) is 2.49. The van der Waals surface area contributed by atoms with Gasteiger partial charge in [-0.3, -0.25) is 4.79 Å². The fourth-order valence-corrected chi connectivity index (χ4v) is 4.35. The minimum Gasteiger partial charge on any atom is -0.366 e. The molecule has 0 radical (unpaired) electrons. The molecule has 2 aliphatic rings. The Hall–Kier alpha value is -1.07. The zero-order valence-corrected chi connectivity index (χ0v) is 13.8. The van der Waals surface area contributed by atoms with Crippen molar-refractivity contribution in [3.8, 4) is 0 Å². The standard InChI is InChI=1S/C16H22BrN3O/c17-13-10-12(15(18)21)4-5-14(13)20-9-8-19-11-16(20)6-2-1-3-7-16/h4-5,10,19H,1-3,6-9,11H2,(H2,18,21). The van der Waals surface area contributed by atoms with Crippen molar-refractivity contribution in [2.45, 2.75) is 37.6 Å². The van der Waals surface area contributed by atoms with Gasteiger partial charge in [0.2, 0.25) is 5.91 Å². The lowest BCUT2D eigenvalue weighted by Crippen LogP contribution is -2.62. The smallest absolute Gasteiger partial charge is 0.248 e. The van der Waals surface area contributed by atoms with Gasteiger partial charge in [-0.15, -0.1) is 0 Å². The third-order valence-corrected chi connectivity index (χ3v) is 5.48. The summed E-state index contributed by atoms with van der Waals surface area (Å²) in [6, 6.07) is 5.71. The van der Waals surface area contributed by atoms with Crippen molar-refractivity contribution in [3.05, 3.63) is 28.2 Å². The molecular weight excluding hydrogens is 330 g/mol. The summed E-state index contributed by atoms with van der Waals surface area (Å²) in [5.74, 6) is -0.380. The summed E-state index contributed by atoms with van der Waals surface area (Å²) in [6.45, 7) is 3.07. The number of amides is 1. The number of primary amides is 1. The Morgan fingerprint density at radius 3 is 2.71 bits per heavy atom. The van der Waals surface area contributed by atoms with Crippen molar-refractivity contribution in [1.29, 1.82) is 0 Å². The van der Waals surface area contributed by atoms with Gasteiger partial charge in [0.25, 0.3) is 0 Å². The van der Waals surface area contributed by atoms with Crippen LogP contribution in [0.5, 0.6) is 0 Å². The maximum absolute atomic E-state index is 11.3. The van der Waals surface area contributed by atoms with Crippen LogP contribution in [0.2, 0.25) is 0 Å². The molecule has 0 unspecified atom stereocenters. The van der Waals surface area contributed by atoms with Crippen LogP contribution in [0, 0.1) is 0 Å². The molecule has 1 aromatic carbocycles. The molecule has 1 spiro atoms. The summed E-state index contributed by atoms with van der Waals surface area (Å²) in [6.07, 6.45) is 6.43. The Kier molecular flexibility index (Phi) is 4.22. The van der Waals surface area contributed by atoms with Crippen LogP contribution in [-0.2, 0) is 0 Å². The van der Waals surface area contributed by atoms with Crippen molar-refractivity contribution >= 4 is 27.5 Å². The first-order valence-corrected chi connectivity index (χ1v) is 8.49. The van der Waals surface area contributed by atoms with Crippen LogP contribution in [0.1, 0.15) is 42.5 Å². The molecule has 3 rings (SSSR count). The molecule has 0 atom stereocenters. The molecule has 4 nitrogen and oxygen atoms in total. The van der Waals surface area contributed by atoms with Crippen LogP contribution in [0.3, 0.4) is 0 Å². The normalized spacial score (nSPS) is 21.5. The molecule has 1 aliphatic carbocycles. The third kappa shape index (κ3) is 2.81. The van der Waals surface area contributed by atoms with Crippen molar-refractivity contribution in [2.75, 3.05) is 24.5 Å². The third-order valence-electron chi connectivity index (χ3n) is 4.85. The number of piperazine rings is 1. The van der Waals surface area contributed by atoms with Crippen LogP contribution < -0.4 is 16.0 Å². The highest BCUT2D eigenvalue weighted by atomic mass is 79.9. The van der Waals surface area contributed by atoms with Gasteiger partial charge in [-0.25, -0.2) is 0 Å². The van der Waals surface area contributed by atoms with E-state index in [1.807, 2.05) is 18.2 Å².